The molecule has 0 fully saturated rings. The van der Waals surface area contributed by atoms with Crippen molar-refractivity contribution in [3.63, 3.8) is 0 Å². The lowest BCUT2D eigenvalue weighted by Crippen LogP contribution is -2.33. The Bertz CT molecular complexity index is 705. The van der Waals surface area contributed by atoms with Gasteiger partial charge in [-0.25, -0.2) is 0 Å². The highest BCUT2D eigenvalue weighted by atomic mass is 19.4. The van der Waals surface area contributed by atoms with Gasteiger partial charge < -0.3 is 10.4 Å². The number of halogens is 3. The van der Waals surface area contributed by atoms with Crippen LogP contribution in [-0.2, 0) is 11.0 Å². The molecule has 0 unspecified atom stereocenters. The molecule has 134 valence electrons. The highest BCUT2D eigenvalue weighted by Gasteiger charge is 2.33. The SMILES string of the molecule is CN(CC(=O)Nc1ccccc1C(F)(F)F)C[C@H](O)c1ccccc1. The molecule has 4 nitrogen and oxygen atoms in total. The third kappa shape index (κ3) is 5.58. The van der Waals surface area contributed by atoms with E-state index in [0.29, 0.717) is 5.56 Å². The molecule has 0 heterocycles. The first kappa shape index (κ1) is 19.0. The van der Waals surface area contributed by atoms with Crippen LogP contribution in [0, 0.1) is 0 Å². The van der Waals surface area contributed by atoms with Gasteiger partial charge in [0.2, 0.25) is 5.91 Å². The van der Waals surface area contributed by atoms with Crippen LogP contribution in [0.5, 0.6) is 0 Å². The molecule has 0 aliphatic rings. The Kier molecular flexibility index (Phi) is 6.17. The van der Waals surface area contributed by atoms with Gasteiger partial charge in [0.25, 0.3) is 0 Å². The number of carbonyl (C=O) groups excluding carboxylic acids is 1. The summed E-state index contributed by atoms with van der Waals surface area (Å²) < 4.78 is 38.8. The minimum absolute atomic E-state index is 0.143. The van der Waals surface area contributed by atoms with Gasteiger partial charge in [-0.2, -0.15) is 13.2 Å². The van der Waals surface area contributed by atoms with Gasteiger partial charge in [0.1, 0.15) is 0 Å². The monoisotopic (exact) mass is 352 g/mol. The Morgan fingerprint density at radius 3 is 2.36 bits per heavy atom. The number of likely N-dealkylation sites (N-methyl/N-ethyl adjacent to an activating group) is 1. The number of benzene rings is 2. The van der Waals surface area contributed by atoms with Crippen molar-refractivity contribution in [1.82, 2.24) is 4.90 Å². The quantitative estimate of drug-likeness (QED) is 0.839. The number of nitrogens with zero attached hydrogens (tertiary/aromatic N) is 1. The smallest absolute Gasteiger partial charge is 0.387 e. The number of aliphatic hydroxyl groups excluding tert-OH is 1. The summed E-state index contributed by atoms with van der Waals surface area (Å²) in [5.41, 5.74) is -0.468. The number of anilines is 1. The number of rotatable bonds is 6. The van der Waals surface area contributed by atoms with E-state index in [1.165, 1.54) is 18.2 Å². The largest absolute Gasteiger partial charge is 0.418 e. The van der Waals surface area contributed by atoms with E-state index in [0.717, 1.165) is 6.07 Å². The van der Waals surface area contributed by atoms with E-state index in [-0.39, 0.29) is 18.8 Å². The first-order chi connectivity index (χ1) is 11.8. The first-order valence-corrected chi connectivity index (χ1v) is 7.65. The maximum atomic E-state index is 12.9. The standard InChI is InChI=1S/C18H19F3N2O2/c1-23(11-16(24)13-7-3-2-4-8-13)12-17(25)22-15-10-6-5-9-14(15)18(19,20)21/h2-10,16,24H,11-12H2,1H3,(H,22,25)/t16-/m0/s1. The molecule has 2 N–H and O–H groups in total. The topological polar surface area (TPSA) is 52.6 Å². The second kappa shape index (κ2) is 8.13. The molecule has 0 aliphatic heterocycles. The maximum Gasteiger partial charge on any atom is 0.418 e. The van der Waals surface area contributed by atoms with E-state index in [4.69, 9.17) is 0 Å². The van der Waals surface area contributed by atoms with Crippen LogP contribution in [0.15, 0.2) is 54.6 Å². The molecule has 0 spiro atoms. The van der Waals surface area contributed by atoms with Gasteiger partial charge in [-0.3, -0.25) is 9.69 Å². The Labute approximate surface area is 143 Å². The summed E-state index contributed by atoms with van der Waals surface area (Å²) in [7, 11) is 1.61. The van der Waals surface area contributed by atoms with Crippen LogP contribution in [0.25, 0.3) is 0 Å². The van der Waals surface area contributed by atoms with Gasteiger partial charge >= 0.3 is 6.18 Å². The molecule has 2 aromatic rings. The molecular formula is C18H19F3N2O2. The molecule has 2 aromatic carbocycles. The molecule has 0 aliphatic carbocycles. The maximum absolute atomic E-state index is 12.9. The third-order valence-electron chi connectivity index (χ3n) is 3.59. The second-order valence-corrected chi connectivity index (χ2v) is 5.71. The fraction of sp³-hybridized carbons (Fsp3) is 0.278. The van der Waals surface area contributed by atoms with Gasteiger partial charge in [-0.1, -0.05) is 42.5 Å². The predicted molar refractivity (Wildman–Crippen MR) is 89.0 cm³/mol. The number of hydrogen-bond donors (Lipinski definition) is 2. The highest BCUT2D eigenvalue weighted by Crippen LogP contribution is 2.34. The number of alkyl halides is 3. The van der Waals surface area contributed by atoms with Crippen LogP contribution in [-0.4, -0.2) is 36.1 Å². The Morgan fingerprint density at radius 2 is 1.72 bits per heavy atom. The molecule has 0 saturated heterocycles. The average Bonchev–Trinajstić information content (AvgIpc) is 2.54. The number of carbonyl (C=O) groups is 1. The lowest BCUT2D eigenvalue weighted by atomic mass is 10.1. The Balaban J connectivity index is 1.94. The normalized spacial score (nSPS) is 12.9. The van der Waals surface area contributed by atoms with E-state index < -0.39 is 23.8 Å². The number of nitrogens with one attached hydrogen (secondary N) is 1. The summed E-state index contributed by atoms with van der Waals surface area (Å²) in [6, 6.07) is 13.7. The zero-order chi connectivity index (χ0) is 18.4. The Morgan fingerprint density at radius 1 is 1.12 bits per heavy atom. The summed E-state index contributed by atoms with van der Waals surface area (Å²) in [4.78, 5) is 13.6. The van der Waals surface area contributed by atoms with Crippen LogP contribution in [0.1, 0.15) is 17.2 Å². The average molecular weight is 352 g/mol. The van der Waals surface area contributed by atoms with Crippen molar-refractivity contribution in [3.8, 4) is 0 Å². The van der Waals surface area contributed by atoms with Crippen LogP contribution >= 0.6 is 0 Å². The van der Waals surface area contributed by atoms with Crippen LogP contribution in [0.3, 0.4) is 0 Å². The summed E-state index contributed by atoms with van der Waals surface area (Å²) >= 11 is 0. The van der Waals surface area contributed by atoms with Crippen molar-refractivity contribution in [1.29, 1.82) is 0 Å². The number of para-hydroxylation sites is 1. The first-order valence-electron chi connectivity index (χ1n) is 7.65. The lowest BCUT2D eigenvalue weighted by Gasteiger charge is -2.21. The minimum atomic E-state index is -4.54. The number of hydrogen-bond acceptors (Lipinski definition) is 3. The molecule has 0 bridgehead atoms. The summed E-state index contributed by atoms with van der Waals surface area (Å²) in [5.74, 6) is -0.584. The zero-order valence-corrected chi connectivity index (χ0v) is 13.6. The summed E-state index contributed by atoms with van der Waals surface area (Å²) in [5, 5.41) is 12.4. The molecule has 25 heavy (non-hydrogen) atoms. The third-order valence-corrected chi connectivity index (χ3v) is 3.59. The van der Waals surface area contributed by atoms with Crippen molar-refractivity contribution in [3.05, 3.63) is 65.7 Å². The lowest BCUT2D eigenvalue weighted by molar-refractivity contribution is -0.137. The molecule has 7 heteroatoms. The van der Waals surface area contributed by atoms with Gasteiger partial charge in [0, 0.05) is 6.54 Å². The Hall–Kier alpha value is -2.38. The van der Waals surface area contributed by atoms with E-state index in [2.05, 4.69) is 5.32 Å². The highest BCUT2D eigenvalue weighted by molar-refractivity contribution is 5.93. The van der Waals surface area contributed by atoms with Crippen LogP contribution in [0.4, 0.5) is 18.9 Å². The molecule has 0 radical (unpaired) electrons. The van der Waals surface area contributed by atoms with Crippen LogP contribution < -0.4 is 5.32 Å². The molecule has 0 aromatic heterocycles. The predicted octanol–water partition coefficient (Wildman–Crippen LogP) is 3.31. The van der Waals surface area contributed by atoms with Crippen molar-refractivity contribution in [2.45, 2.75) is 12.3 Å². The minimum Gasteiger partial charge on any atom is -0.387 e. The van der Waals surface area contributed by atoms with Crippen molar-refractivity contribution < 1.29 is 23.1 Å². The van der Waals surface area contributed by atoms with E-state index in [1.54, 1.807) is 36.2 Å². The summed E-state index contributed by atoms with van der Waals surface area (Å²) in [6.45, 7) is 0.0361. The molecule has 2 rings (SSSR count). The van der Waals surface area contributed by atoms with Crippen molar-refractivity contribution in [2.24, 2.45) is 0 Å². The van der Waals surface area contributed by atoms with Gasteiger partial charge in [-0.15, -0.1) is 0 Å². The van der Waals surface area contributed by atoms with Crippen molar-refractivity contribution >= 4 is 11.6 Å². The fourth-order valence-electron chi connectivity index (χ4n) is 2.41. The van der Waals surface area contributed by atoms with Gasteiger partial charge in [-0.05, 0) is 24.7 Å². The van der Waals surface area contributed by atoms with E-state index in [1.807, 2.05) is 6.07 Å². The zero-order valence-electron chi connectivity index (χ0n) is 13.6. The molecule has 1 amide bonds. The number of amides is 1. The molecular weight excluding hydrogens is 333 g/mol. The second-order valence-electron chi connectivity index (χ2n) is 5.71. The van der Waals surface area contributed by atoms with Crippen molar-refractivity contribution in [2.75, 3.05) is 25.5 Å². The number of aliphatic hydroxyl groups is 1. The molecule has 1 atom stereocenters. The van der Waals surface area contributed by atoms with Gasteiger partial charge in [0.15, 0.2) is 0 Å². The van der Waals surface area contributed by atoms with Gasteiger partial charge in [0.05, 0.1) is 23.9 Å². The summed E-state index contributed by atoms with van der Waals surface area (Å²) in [6.07, 6.45) is -5.33. The fourth-order valence-corrected chi connectivity index (χ4v) is 2.41. The van der Waals surface area contributed by atoms with Crippen LogP contribution in [0.2, 0.25) is 0 Å². The molecule has 0 saturated carbocycles. The van der Waals surface area contributed by atoms with E-state index in [9.17, 15) is 23.1 Å². The van der Waals surface area contributed by atoms with E-state index >= 15 is 0 Å².